The van der Waals surface area contributed by atoms with E-state index >= 15 is 0 Å². The molecule has 21 heavy (non-hydrogen) atoms. The van der Waals surface area contributed by atoms with E-state index in [1.807, 2.05) is 27.7 Å². The fourth-order valence-electron chi connectivity index (χ4n) is 2.44. The van der Waals surface area contributed by atoms with Crippen molar-refractivity contribution in [3.8, 4) is 0 Å². The average molecular weight is 355 g/mol. The van der Waals surface area contributed by atoms with Gasteiger partial charge < -0.3 is 15.4 Å². The van der Waals surface area contributed by atoms with E-state index in [0.717, 1.165) is 27.6 Å². The molecule has 1 aliphatic heterocycles. The van der Waals surface area contributed by atoms with E-state index < -0.39 is 5.60 Å². The van der Waals surface area contributed by atoms with Crippen molar-refractivity contribution in [1.29, 1.82) is 0 Å². The molecule has 0 unspecified atom stereocenters. The van der Waals surface area contributed by atoms with Crippen molar-refractivity contribution in [2.75, 3.05) is 6.54 Å². The highest BCUT2D eigenvalue weighted by atomic mass is 79.9. The second kappa shape index (κ2) is 5.97. The van der Waals surface area contributed by atoms with E-state index in [1.54, 1.807) is 4.90 Å². The Bertz CT molecular complexity index is 552. The summed E-state index contributed by atoms with van der Waals surface area (Å²) >= 11 is 3.55. The number of carbonyl (C=O) groups is 1. The van der Waals surface area contributed by atoms with Crippen LogP contribution in [0.15, 0.2) is 16.6 Å². The van der Waals surface area contributed by atoms with Gasteiger partial charge in [0.1, 0.15) is 5.60 Å². The molecule has 1 aliphatic rings. The maximum Gasteiger partial charge on any atom is 0.410 e. The van der Waals surface area contributed by atoms with Gasteiger partial charge in [-0.2, -0.15) is 0 Å². The Hall–Kier alpha value is -1.07. The van der Waals surface area contributed by atoms with Crippen LogP contribution in [0.1, 0.15) is 49.9 Å². The Morgan fingerprint density at radius 1 is 1.43 bits per heavy atom. The second-order valence-corrected chi connectivity index (χ2v) is 7.45. The molecule has 0 saturated carbocycles. The molecule has 1 aromatic carbocycles. The van der Waals surface area contributed by atoms with Crippen molar-refractivity contribution < 1.29 is 9.53 Å². The number of hydrogen-bond donors (Lipinski definition) is 1. The minimum absolute atomic E-state index is 0.0424. The Labute approximate surface area is 134 Å². The molecule has 0 bridgehead atoms. The summed E-state index contributed by atoms with van der Waals surface area (Å²) < 4.78 is 6.51. The molecule has 2 N–H and O–H groups in total. The molecule has 1 aromatic rings. The van der Waals surface area contributed by atoms with Gasteiger partial charge >= 0.3 is 6.09 Å². The first-order chi connectivity index (χ1) is 9.67. The Balaban J connectivity index is 2.27. The summed E-state index contributed by atoms with van der Waals surface area (Å²) in [6.45, 7) is 8.83. The van der Waals surface area contributed by atoms with E-state index in [0.29, 0.717) is 13.1 Å². The minimum Gasteiger partial charge on any atom is -0.444 e. The van der Waals surface area contributed by atoms with E-state index in [1.165, 1.54) is 0 Å². The maximum absolute atomic E-state index is 12.3. The number of ether oxygens (including phenoxy) is 1. The van der Waals surface area contributed by atoms with Crippen LogP contribution in [-0.4, -0.2) is 23.1 Å². The number of nitrogens with zero attached hydrogens (tertiary/aromatic N) is 1. The third kappa shape index (κ3) is 3.98. The molecule has 0 fully saturated rings. The second-order valence-electron chi connectivity index (χ2n) is 6.60. The highest BCUT2D eigenvalue weighted by molar-refractivity contribution is 9.10. The Morgan fingerprint density at radius 3 is 2.71 bits per heavy atom. The van der Waals surface area contributed by atoms with Crippen molar-refractivity contribution in [2.24, 2.45) is 5.73 Å². The first-order valence-corrected chi connectivity index (χ1v) is 7.99. The van der Waals surface area contributed by atoms with Crippen LogP contribution < -0.4 is 5.73 Å². The number of fused-ring (bicyclic) bond motifs is 1. The van der Waals surface area contributed by atoms with Crippen LogP contribution in [-0.2, 0) is 11.3 Å². The van der Waals surface area contributed by atoms with E-state index in [4.69, 9.17) is 10.5 Å². The summed E-state index contributed by atoms with van der Waals surface area (Å²) in [4.78, 5) is 14.0. The van der Waals surface area contributed by atoms with Gasteiger partial charge in [-0.15, -0.1) is 0 Å². The van der Waals surface area contributed by atoms with Gasteiger partial charge in [0.25, 0.3) is 0 Å². The predicted octanol–water partition coefficient (Wildman–Crippen LogP) is 3.90. The standard InChI is InChI=1S/C16H23BrN2O2/c1-10-7-12-11(8-13(10)17)9-19(6-5-14(12)18)15(20)21-16(2,3)4/h7-8,14H,5-6,9,18H2,1-4H3/t14-/m0/s1. The first-order valence-electron chi connectivity index (χ1n) is 7.20. The highest BCUT2D eigenvalue weighted by Crippen LogP contribution is 2.30. The topological polar surface area (TPSA) is 55.6 Å². The molecule has 0 aliphatic carbocycles. The highest BCUT2D eigenvalue weighted by Gasteiger charge is 2.27. The number of rotatable bonds is 0. The number of halogens is 1. The lowest BCUT2D eigenvalue weighted by atomic mass is 9.98. The van der Waals surface area contributed by atoms with Gasteiger partial charge in [0.2, 0.25) is 0 Å². The summed E-state index contributed by atoms with van der Waals surface area (Å²) in [6.07, 6.45) is 0.465. The predicted molar refractivity (Wildman–Crippen MR) is 87.1 cm³/mol. The molecule has 1 heterocycles. The van der Waals surface area contributed by atoms with Gasteiger partial charge in [-0.1, -0.05) is 22.0 Å². The molecule has 0 aromatic heterocycles. The summed E-state index contributed by atoms with van der Waals surface area (Å²) in [6, 6.07) is 4.13. The Morgan fingerprint density at radius 2 is 2.10 bits per heavy atom. The van der Waals surface area contributed by atoms with Crippen molar-refractivity contribution in [3.63, 3.8) is 0 Å². The lowest BCUT2D eigenvalue weighted by molar-refractivity contribution is 0.0235. The fourth-order valence-corrected chi connectivity index (χ4v) is 2.84. The number of benzene rings is 1. The molecular formula is C16H23BrN2O2. The smallest absolute Gasteiger partial charge is 0.410 e. The number of nitrogens with two attached hydrogens (primary N) is 1. The largest absolute Gasteiger partial charge is 0.444 e. The lowest BCUT2D eigenvalue weighted by Gasteiger charge is -2.26. The number of aryl methyl sites for hydroxylation is 1. The first kappa shape index (κ1) is 16.3. The summed E-state index contributed by atoms with van der Waals surface area (Å²) in [7, 11) is 0. The van der Waals surface area contributed by atoms with Crippen LogP contribution in [0.5, 0.6) is 0 Å². The number of hydrogen-bond acceptors (Lipinski definition) is 3. The van der Waals surface area contributed by atoms with Crippen molar-refractivity contribution in [2.45, 2.75) is 52.3 Å². The summed E-state index contributed by atoms with van der Waals surface area (Å²) in [5.74, 6) is 0. The monoisotopic (exact) mass is 354 g/mol. The molecular weight excluding hydrogens is 332 g/mol. The quantitative estimate of drug-likeness (QED) is 0.768. The summed E-state index contributed by atoms with van der Waals surface area (Å²) in [5, 5.41) is 0. The van der Waals surface area contributed by atoms with Crippen LogP contribution in [0.3, 0.4) is 0 Å². The van der Waals surface area contributed by atoms with Gasteiger partial charge in [0.15, 0.2) is 0 Å². The van der Waals surface area contributed by atoms with E-state index in [2.05, 4.69) is 28.1 Å². The Kier molecular flexibility index (Phi) is 4.63. The molecule has 1 atom stereocenters. The van der Waals surface area contributed by atoms with Crippen molar-refractivity contribution in [3.05, 3.63) is 33.3 Å². The normalized spacial score (nSPS) is 19.0. The zero-order valence-electron chi connectivity index (χ0n) is 13.1. The number of amides is 1. The zero-order chi connectivity index (χ0) is 15.8. The van der Waals surface area contributed by atoms with Crippen molar-refractivity contribution >= 4 is 22.0 Å². The van der Waals surface area contributed by atoms with Gasteiger partial charge in [-0.25, -0.2) is 4.79 Å². The summed E-state index contributed by atoms with van der Waals surface area (Å²) in [5.41, 5.74) is 9.15. The third-order valence-electron chi connectivity index (χ3n) is 3.54. The molecule has 4 nitrogen and oxygen atoms in total. The van der Waals surface area contributed by atoms with E-state index in [9.17, 15) is 4.79 Å². The number of carbonyl (C=O) groups excluding carboxylic acids is 1. The third-order valence-corrected chi connectivity index (χ3v) is 4.40. The van der Waals surface area contributed by atoms with Gasteiger partial charge in [-0.05, 0) is 56.9 Å². The van der Waals surface area contributed by atoms with Crippen molar-refractivity contribution in [1.82, 2.24) is 4.90 Å². The van der Waals surface area contributed by atoms with Gasteiger partial charge in [0, 0.05) is 23.6 Å². The maximum atomic E-state index is 12.3. The average Bonchev–Trinajstić information content (AvgIpc) is 2.49. The van der Waals surface area contributed by atoms with Gasteiger partial charge in [0.05, 0.1) is 0 Å². The van der Waals surface area contributed by atoms with Crippen LogP contribution in [0.25, 0.3) is 0 Å². The SMILES string of the molecule is Cc1cc2c(cc1Br)CN(C(=O)OC(C)(C)C)CC[C@@H]2N. The van der Waals surface area contributed by atoms with Crippen LogP contribution >= 0.6 is 15.9 Å². The van der Waals surface area contributed by atoms with Crippen LogP contribution in [0.4, 0.5) is 4.79 Å². The lowest BCUT2D eigenvalue weighted by Crippen LogP contribution is -2.36. The van der Waals surface area contributed by atoms with Gasteiger partial charge in [-0.3, -0.25) is 0 Å². The van der Waals surface area contributed by atoms with E-state index in [-0.39, 0.29) is 12.1 Å². The zero-order valence-corrected chi connectivity index (χ0v) is 14.7. The molecule has 116 valence electrons. The van der Waals surface area contributed by atoms with Crippen LogP contribution in [0.2, 0.25) is 0 Å². The molecule has 0 saturated heterocycles. The molecule has 1 amide bonds. The van der Waals surface area contributed by atoms with Crippen LogP contribution in [0, 0.1) is 6.92 Å². The molecule has 2 rings (SSSR count). The fraction of sp³-hybridized carbons (Fsp3) is 0.562. The molecule has 5 heteroatoms. The molecule has 0 spiro atoms. The minimum atomic E-state index is -0.484. The molecule has 0 radical (unpaired) electrons.